The van der Waals surface area contributed by atoms with Gasteiger partial charge < -0.3 is 0 Å². The summed E-state index contributed by atoms with van der Waals surface area (Å²) in [5.41, 5.74) is 7.73. The quantitative estimate of drug-likeness (QED) is 0.405. The Labute approximate surface area is 127 Å². The van der Waals surface area contributed by atoms with Gasteiger partial charge in [0.05, 0.1) is 11.9 Å². The third-order valence-electron chi connectivity index (χ3n) is 2.89. The Bertz CT molecular complexity index is 648. The third kappa shape index (κ3) is 3.57. The van der Waals surface area contributed by atoms with Crippen LogP contribution in [0.25, 0.3) is 0 Å². The fourth-order valence-corrected chi connectivity index (χ4v) is 2.72. The number of aryl methyl sites for hydroxylation is 1. The first-order chi connectivity index (χ1) is 9.60. The van der Waals surface area contributed by atoms with E-state index in [4.69, 9.17) is 0 Å². The Hall–Kier alpha value is -1.88. The molecule has 0 spiro atoms. The lowest BCUT2D eigenvalue weighted by atomic mass is 9.89. The van der Waals surface area contributed by atoms with E-state index in [1.807, 2.05) is 20.0 Å². The second-order valence-electron chi connectivity index (χ2n) is 4.59. The van der Waals surface area contributed by atoms with Crippen molar-refractivity contribution < 1.29 is 4.79 Å². The van der Waals surface area contributed by atoms with Gasteiger partial charge in [0.15, 0.2) is 0 Å². The van der Waals surface area contributed by atoms with Gasteiger partial charge in [-0.2, -0.15) is 5.10 Å². The van der Waals surface area contributed by atoms with Crippen molar-refractivity contribution in [2.75, 3.05) is 5.43 Å². The fraction of sp³-hybridized carbons (Fsp3) is 0.0667. The molecule has 0 fully saturated rings. The summed E-state index contributed by atoms with van der Waals surface area (Å²) in [5, 5.41) is 4.22. The molecule has 1 N–H and O–H groups in total. The van der Waals surface area contributed by atoms with E-state index < -0.39 is 0 Å². The highest BCUT2D eigenvalue weighted by molar-refractivity contribution is 9.10. The highest BCUT2D eigenvalue weighted by Crippen LogP contribution is 2.15. The smallest absolute Gasteiger partial charge is 0.150 e. The normalized spacial score (nSPS) is 10.7. The van der Waals surface area contributed by atoms with Gasteiger partial charge in [0.1, 0.15) is 14.1 Å². The lowest BCUT2D eigenvalue weighted by molar-refractivity contribution is 0.112. The molecular weight excluding hydrogens is 315 g/mol. The fourth-order valence-electron chi connectivity index (χ4n) is 1.94. The molecule has 0 amide bonds. The van der Waals surface area contributed by atoms with E-state index in [0.29, 0.717) is 5.56 Å². The van der Waals surface area contributed by atoms with E-state index >= 15 is 0 Å². The number of hydrazone groups is 1. The maximum absolute atomic E-state index is 10.7. The molecule has 0 aliphatic heterocycles. The molecule has 2 aromatic carbocycles. The minimum Gasteiger partial charge on any atom is -0.298 e. The van der Waals surface area contributed by atoms with Crippen LogP contribution in [0.1, 0.15) is 21.5 Å². The SMILES string of the molecule is Bc1cc(C)cc(Br)c1/C=N/Nc1cccc(C=O)c1. The van der Waals surface area contributed by atoms with Crippen molar-refractivity contribution >= 4 is 47.4 Å². The topological polar surface area (TPSA) is 41.5 Å². The van der Waals surface area contributed by atoms with Gasteiger partial charge in [-0.15, -0.1) is 0 Å². The molecule has 0 heterocycles. The molecule has 2 rings (SSSR count). The van der Waals surface area contributed by atoms with Crippen LogP contribution < -0.4 is 10.9 Å². The molecule has 0 bridgehead atoms. The van der Waals surface area contributed by atoms with Crippen molar-refractivity contribution in [3.63, 3.8) is 0 Å². The standard InChI is InChI=1S/C15H14BBrN2O/c1-10-5-14(16)13(15(17)6-10)8-18-19-12-4-2-3-11(7-12)9-20/h2-9,19H,16H2,1H3/b18-8+. The highest BCUT2D eigenvalue weighted by Gasteiger charge is 2.02. The number of anilines is 1. The van der Waals surface area contributed by atoms with Crippen LogP contribution >= 0.6 is 15.9 Å². The van der Waals surface area contributed by atoms with Gasteiger partial charge in [0.2, 0.25) is 0 Å². The molecule has 0 aliphatic rings. The van der Waals surface area contributed by atoms with Gasteiger partial charge in [-0.05, 0) is 25.1 Å². The lowest BCUT2D eigenvalue weighted by Gasteiger charge is -2.06. The second kappa shape index (κ2) is 6.52. The van der Waals surface area contributed by atoms with E-state index in [1.165, 1.54) is 5.56 Å². The molecule has 0 saturated heterocycles. The summed E-state index contributed by atoms with van der Waals surface area (Å²) in [6.07, 6.45) is 2.59. The molecule has 0 aromatic heterocycles. The van der Waals surface area contributed by atoms with Gasteiger partial charge in [0.25, 0.3) is 0 Å². The van der Waals surface area contributed by atoms with Crippen molar-refractivity contribution in [2.24, 2.45) is 5.10 Å². The molecule has 20 heavy (non-hydrogen) atoms. The number of carbonyl (C=O) groups excluding carboxylic acids is 1. The van der Waals surface area contributed by atoms with Crippen LogP contribution in [-0.2, 0) is 0 Å². The van der Waals surface area contributed by atoms with Crippen LogP contribution in [0.2, 0.25) is 0 Å². The summed E-state index contributed by atoms with van der Waals surface area (Å²) in [4.78, 5) is 10.7. The van der Waals surface area contributed by atoms with Crippen LogP contribution in [-0.4, -0.2) is 20.3 Å². The van der Waals surface area contributed by atoms with E-state index in [0.717, 1.165) is 27.5 Å². The molecule has 100 valence electrons. The molecule has 0 aliphatic carbocycles. The zero-order valence-corrected chi connectivity index (χ0v) is 12.9. The van der Waals surface area contributed by atoms with Crippen LogP contribution in [0.4, 0.5) is 5.69 Å². The number of halogens is 1. The van der Waals surface area contributed by atoms with Crippen LogP contribution in [0, 0.1) is 6.92 Å². The van der Waals surface area contributed by atoms with Crippen molar-refractivity contribution in [2.45, 2.75) is 6.92 Å². The summed E-state index contributed by atoms with van der Waals surface area (Å²) in [6.45, 7) is 2.06. The zero-order chi connectivity index (χ0) is 14.5. The number of carbonyl (C=O) groups is 1. The minimum absolute atomic E-state index is 0.623. The van der Waals surface area contributed by atoms with E-state index in [1.54, 1.807) is 18.3 Å². The number of hydrogen-bond acceptors (Lipinski definition) is 3. The monoisotopic (exact) mass is 328 g/mol. The summed E-state index contributed by atoms with van der Waals surface area (Å²) in [5.74, 6) is 0. The average molecular weight is 329 g/mol. The number of hydrogen-bond donors (Lipinski definition) is 1. The maximum atomic E-state index is 10.7. The van der Waals surface area contributed by atoms with Gasteiger partial charge >= 0.3 is 0 Å². The van der Waals surface area contributed by atoms with Crippen LogP contribution in [0.3, 0.4) is 0 Å². The first-order valence-corrected chi connectivity index (χ1v) is 7.00. The summed E-state index contributed by atoms with van der Waals surface area (Å²) in [7, 11) is 2.05. The van der Waals surface area contributed by atoms with Gasteiger partial charge in [0, 0.05) is 15.6 Å². The van der Waals surface area contributed by atoms with Crippen molar-refractivity contribution in [1.82, 2.24) is 0 Å². The Balaban J connectivity index is 2.16. The molecule has 0 saturated carbocycles. The lowest BCUT2D eigenvalue weighted by Crippen LogP contribution is -2.11. The van der Waals surface area contributed by atoms with Gasteiger partial charge in [-0.1, -0.05) is 45.2 Å². The molecule has 3 nitrogen and oxygen atoms in total. The number of aldehydes is 1. The molecule has 0 atom stereocenters. The number of benzene rings is 2. The average Bonchev–Trinajstić information content (AvgIpc) is 2.42. The predicted octanol–water partition coefficient (Wildman–Crippen LogP) is 2.27. The number of rotatable bonds is 4. The van der Waals surface area contributed by atoms with Crippen LogP contribution in [0.15, 0.2) is 46.0 Å². The molecule has 0 unspecified atom stereocenters. The Morgan fingerprint density at radius 3 is 2.80 bits per heavy atom. The van der Waals surface area contributed by atoms with E-state index in [9.17, 15) is 4.79 Å². The molecule has 2 aromatic rings. The minimum atomic E-state index is 0.623. The van der Waals surface area contributed by atoms with Crippen molar-refractivity contribution in [1.29, 1.82) is 0 Å². The first kappa shape index (κ1) is 14.5. The van der Waals surface area contributed by atoms with Gasteiger partial charge in [-0.3, -0.25) is 10.2 Å². The molecule has 0 radical (unpaired) electrons. The number of nitrogens with zero attached hydrogens (tertiary/aromatic N) is 1. The van der Waals surface area contributed by atoms with E-state index in [-0.39, 0.29) is 0 Å². The summed E-state index contributed by atoms with van der Waals surface area (Å²) in [6, 6.07) is 11.3. The summed E-state index contributed by atoms with van der Waals surface area (Å²) < 4.78 is 1.02. The highest BCUT2D eigenvalue weighted by atomic mass is 79.9. The Morgan fingerprint density at radius 2 is 2.10 bits per heavy atom. The van der Waals surface area contributed by atoms with Gasteiger partial charge in [-0.25, -0.2) is 0 Å². The maximum Gasteiger partial charge on any atom is 0.150 e. The third-order valence-corrected chi connectivity index (χ3v) is 3.55. The summed E-state index contributed by atoms with van der Waals surface area (Å²) >= 11 is 3.54. The van der Waals surface area contributed by atoms with Crippen molar-refractivity contribution in [3.8, 4) is 0 Å². The molecular formula is C15H14BBrN2O. The first-order valence-electron chi connectivity index (χ1n) is 6.21. The molecule has 5 heteroatoms. The van der Waals surface area contributed by atoms with Crippen molar-refractivity contribution in [3.05, 3.63) is 57.6 Å². The Kier molecular flexibility index (Phi) is 4.74. The largest absolute Gasteiger partial charge is 0.298 e. The zero-order valence-electron chi connectivity index (χ0n) is 11.4. The predicted molar refractivity (Wildman–Crippen MR) is 90.1 cm³/mol. The Morgan fingerprint density at radius 1 is 1.30 bits per heavy atom. The van der Waals surface area contributed by atoms with Crippen LogP contribution in [0.5, 0.6) is 0 Å². The number of nitrogens with one attached hydrogen (secondary N) is 1. The second-order valence-corrected chi connectivity index (χ2v) is 5.44. The van der Waals surface area contributed by atoms with E-state index in [2.05, 4.69) is 45.5 Å².